The Morgan fingerprint density at radius 3 is 2.31 bits per heavy atom. The molecule has 0 unspecified atom stereocenters. The van der Waals surface area contributed by atoms with Gasteiger partial charge < -0.3 is 10.6 Å². The molecule has 0 saturated carbocycles. The summed E-state index contributed by atoms with van der Waals surface area (Å²) in [4.78, 5) is 19.7. The van der Waals surface area contributed by atoms with Crippen molar-refractivity contribution in [1.29, 1.82) is 0 Å². The Balaban J connectivity index is 1.09. The molecule has 0 fully saturated rings. The highest BCUT2D eigenvalue weighted by Gasteiger charge is 2.24. The number of carbonyl (C=O) groups excluding carboxylic acids is 1. The largest absolute Gasteiger partial charge is 0.384 e. The first-order chi connectivity index (χ1) is 17.7. The smallest absolute Gasteiger partial charge is 0.232 e. The molecule has 2 heterocycles. The maximum atomic E-state index is 13.4. The molecule has 3 aromatic carbocycles. The molecule has 0 atom stereocenters. The highest BCUT2D eigenvalue weighted by Crippen LogP contribution is 2.36. The average molecular weight is 499 g/mol. The summed E-state index contributed by atoms with van der Waals surface area (Å²) in [7, 11) is 0. The second-order valence-corrected chi connectivity index (χ2v) is 9.58. The van der Waals surface area contributed by atoms with Gasteiger partial charge in [-0.15, -0.1) is 0 Å². The van der Waals surface area contributed by atoms with E-state index in [-0.39, 0.29) is 5.91 Å². The van der Waals surface area contributed by atoms with Crippen molar-refractivity contribution in [1.82, 2.24) is 10.3 Å². The lowest BCUT2D eigenvalue weighted by atomic mass is 10.0. The summed E-state index contributed by atoms with van der Waals surface area (Å²) in [5.41, 5.74) is 6.47. The van der Waals surface area contributed by atoms with E-state index in [9.17, 15) is 4.79 Å². The molecule has 1 aliphatic heterocycles. The minimum absolute atomic E-state index is 0.135. The number of aromatic nitrogens is 1. The summed E-state index contributed by atoms with van der Waals surface area (Å²) >= 11 is 6.08. The number of anilines is 3. The van der Waals surface area contributed by atoms with E-state index in [1.807, 2.05) is 41.3 Å². The van der Waals surface area contributed by atoms with E-state index in [1.165, 1.54) is 11.1 Å². The Labute approximate surface area is 217 Å². The monoisotopic (exact) mass is 498 g/mol. The zero-order valence-electron chi connectivity index (χ0n) is 20.3. The maximum absolute atomic E-state index is 13.4. The van der Waals surface area contributed by atoms with E-state index in [1.54, 1.807) is 6.20 Å². The SMILES string of the molecule is O=C(CCNCCCCNc1ccnc2cc(Cl)ccc12)N1c2ccccc2CCc2ccccc21. The lowest BCUT2D eigenvalue weighted by Crippen LogP contribution is -2.30. The number of carbonyl (C=O) groups is 1. The first kappa shape index (κ1) is 24.3. The number of hydrogen-bond donors (Lipinski definition) is 2. The van der Waals surface area contributed by atoms with E-state index in [0.29, 0.717) is 18.0 Å². The van der Waals surface area contributed by atoms with Crippen LogP contribution < -0.4 is 15.5 Å². The second-order valence-electron chi connectivity index (χ2n) is 9.14. The molecule has 5 nitrogen and oxygen atoms in total. The Kier molecular flexibility index (Phi) is 7.79. The van der Waals surface area contributed by atoms with Gasteiger partial charge in [0.25, 0.3) is 0 Å². The quantitative estimate of drug-likeness (QED) is 0.258. The third kappa shape index (κ3) is 5.53. The Hall–Kier alpha value is -3.41. The van der Waals surface area contributed by atoms with Crippen molar-refractivity contribution in [2.24, 2.45) is 0 Å². The molecule has 1 amide bonds. The summed E-state index contributed by atoms with van der Waals surface area (Å²) < 4.78 is 0. The van der Waals surface area contributed by atoms with Gasteiger partial charge >= 0.3 is 0 Å². The van der Waals surface area contributed by atoms with Crippen molar-refractivity contribution < 1.29 is 4.79 Å². The first-order valence-corrected chi connectivity index (χ1v) is 13.1. The summed E-state index contributed by atoms with van der Waals surface area (Å²) in [5, 5.41) is 8.74. The Bertz CT molecular complexity index is 1310. The predicted octanol–water partition coefficient (Wildman–Crippen LogP) is 6.52. The Morgan fingerprint density at radius 1 is 0.861 bits per heavy atom. The molecule has 0 spiro atoms. The number of rotatable bonds is 9. The number of nitrogens with zero attached hydrogens (tertiary/aromatic N) is 2. The van der Waals surface area contributed by atoms with E-state index >= 15 is 0 Å². The van der Waals surface area contributed by atoms with Crippen LogP contribution in [0.25, 0.3) is 10.9 Å². The molecule has 0 saturated heterocycles. The fourth-order valence-electron chi connectivity index (χ4n) is 4.85. The van der Waals surface area contributed by atoms with Crippen molar-refractivity contribution in [2.75, 3.05) is 29.9 Å². The van der Waals surface area contributed by atoms with Gasteiger partial charge in [-0.25, -0.2) is 0 Å². The zero-order valence-corrected chi connectivity index (χ0v) is 21.1. The van der Waals surface area contributed by atoms with E-state index < -0.39 is 0 Å². The summed E-state index contributed by atoms with van der Waals surface area (Å²) in [6, 6.07) is 24.3. The highest BCUT2D eigenvalue weighted by molar-refractivity contribution is 6.31. The fourth-order valence-corrected chi connectivity index (χ4v) is 5.02. The van der Waals surface area contributed by atoms with Crippen LogP contribution in [0.15, 0.2) is 79.0 Å². The standard InChI is InChI=1S/C30H31ClN4O/c31-24-13-14-25-26(15-20-34-27(25)21-24)33-18-6-5-17-32-19-16-30(36)35-28-9-3-1-7-22(28)11-12-23-8-2-4-10-29(23)35/h1-4,7-10,13-15,20-21,32H,5-6,11-12,16-19H2,(H,33,34). The fraction of sp³-hybridized carbons (Fsp3) is 0.267. The number of fused-ring (bicyclic) bond motifs is 3. The van der Waals surface area contributed by atoms with Crippen molar-refractivity contribution in [3.05, 3.63) is 95.1 Å². The predicted molar refractivity (Wildman–Crippen MR) is 149 cm³/mol. The number of unbranched alkanes of at least 4 members (excludes halogenated alkanes) is 1. The normalized spacial score (nSPS) is 12.6. The van der Waals surface area contributed by atoms with Crippen molar-refractivity contribution >= 4 is 45.5 Å². The number of pyridine rings is 1. The average Bonchev–Trinajstić information content (AvgIpc) is 3.07. The molecule has 0 bridgehead atoms. The molecule has 184 valence electrons. The van der Waals surface area contributed by atoms with E-state index in [0.717, 1.165) is 66.7 Å². The number of hydrogen-bond acceptors (Lipinski definition) is 4. The molecule has 2 N–H and O–H groups in total. The minimum atomic E-state index is 0.135. The number of para-hydroxylation sites is 2. The molecule has 1 aliphatic rings. The zero-order chi connectivity index (χ0) is 24.7. The minimum Gasteiger partial charge on any atom is -0.384 e. The summed E-state index contributed by atoms with van der Waals surface area (Å²) in [5.74, 6) is 0.135. The molecular formula is C30H31ClN4O. The van der Waals surface area contributed by atoms with Gasteiger partial charge in [0, 0.05) is 41.8 Å². The third-order valence-corrected chi connectivity index (χ3v) is 6.93. The molecular weight excluding hydrogens is 468 g/mol. The number of halogens is 1. The van der Waals surface area contributed by atoms with Crippen molar-refractivity contribution in [3.8, 4) is 0 Å². The Morgan fingerprint density at radius 2 is 1.56 bits per heavy atom. The molecule has 1 aromatic heterocycles. The molecule has 0 aliphatic carbocycles. The van der Waals surface area contributed by atoms with Gasteiger partial charge in [-0.05, 0) is 79.8 Å². The van der Waals surface area contributed by atoms with Crippen LogP contribution in [-0.4, -0.2) is 30.5 Å². The molecule has 5 rings (SSSR count). The second kappa shape index (κ2) is 11.5. The van der Waals surface area contributed by atoms with Crippen molar-refractivity contribution in [3.63, 3.8) is 0 Å². The molecule has 4 aromatic rings. The van der Waals surface area contributed by atoms with Gasteiger partial charge in [0.15, 0.2) is 0 Å². The summed E-state index contributed by atoms with van der Waals surface area (Å²) in [6.45, 7) is 2.43. The maximum Gasteiger partial charge on any atom is 0.232 e. The van der Waals surface area contributed by atoms with Crippen LogP contribution in [0.1, 0.15) is 30.4 Å². The van der Waals surface area contributed by atoms with Gasteiger partial charge in [-0.3, -0.25) is 14.7 Å². The van der Waals surface area contributed by atoms with Crippen LogP contribution in [0.5, 0.6) is 0 Å². The van der Waals surface area contributed by atoms with Crippen molar-refractivity contribution in [2.45, 2.75) is 32.1 Å². The summed E-state index contributed by atoms with van der Waals surface area (Å²) in [6.07, 6.45) is 6.24. The lowest BCUT2D eigenvalue weighted by Gasteiger charge is -2.25. The first-order valence-electron chi connectivity index (χ1n) is 12.7. The van der Waals surface area contributed by atoms with Gasteiger partial charge in [0.05, 0.1) is 16.9 Å². The van der Waals surface area contributed by atoms with Gasteiger partial charge in [-0.1, -0.05) is 48.0 Å². The number of aryl methyl sites for hydroxylation is 2. The number of benzene rings is 3. The molecule has 6 heteroatoms. The van der Waals surface area contributed by atoms with Crippen LogP contribution >= 0.6 is 11.6 Å². The van der Waals surface area contributed by atoms with Crippen LogP contribution in [0, 0.1) is 0 Å². The van der Waals surface area contributed by atoms with Gasteiger partial charge in [0.2, 0.25) is 5.91 Å². The lowest BCUT2D eigenvalue weighted by molar-refractivity contribution is -0.117. The highest BCUT2D eigenvalue weighted by atomic mass is 35.5. The van der Waals surface area contributed by atoms with Crippen LogP contribution in [0.3, 0.4) is 0 Å². The van der Waals surface area contributed by atoms with Gasteiger partial charge in [-0.2, -0.15) is 0 Å². The van der Waals surface area contributed by atoms with E-state index in [2.05, 4.69) is 52.0 Å². The van der Waals surface area contributed by atoms with E-state index in [4.69, 9.17) is 11.6 Å². The molecule has 0 radical (unpaired) electrons. The van der Waals surface area contributed by atoms with Crippen LogP contribution in [-0.2, 0) is 17.6 Å². The van der Waals surface area contributed by atoms with Crippen LogP contribution in [0.4, 0.5) is 17.1 Å². The van der Waals surface area contributed by atoms with Crippen LogP contribution in [0.2, 0.25) is 5.02 Å². The number of amides is 1. The third-order valence-electron chi connectivity index (χ3n) is 6.69. The number of nitrogens with one attached hydrogen (secondary N) is 2. The van der Waals surface area contributed by atoms with Gasteiger partial charge in [0.1, 0.15) is 0 Å². The topological polar surface area (TPSA) is 57.3 Å². The molecule has 36 heavy (non-hydrogen) atoms.